The van der Waals surface area contributed by atoms with Crippen LogP contribution >= 0.6 is 0 Å². The molecule has 3 fully saturated rings. The number of aryl methyl sites for hydroxylation is 1. The largest absolute Gasteiger partial charge is 0.381 e. The van der Waals surface area contributed by atoms with E-state index in [1.165, 1.54) is 40.8 Å². The van der Waals surface area contributed by atoms with Crippen molar-refractivity contribution in [1.29, 1.82) is 0 Å². The molecular weight excluding hydrogens is 440 g/mol. The molecule has 35 heavy (non-hydrogen) atoms. The molecule has 2 aromatic rings. The fourth-order valence-corrected chi connectivity index (χ4v) is 5.65. The Bertz CT molecular complexity index is 1070. The molecule has 4 heterocycles. The number of anilines is 2. The Morgan fingerprint density at radius 3 is 2.63 bits per heavy atom. The first-order valence-corrected chi connectivity index (χ1v) is 12.8. The van der Waals surface area contributed by atoms with Gasteiger partial charge in [0.2, 0.25) is 0 Å². The van der Waals surface area contributed by atoms with E-state index in [2.05, 4.69) is 51.9 Å². The second-order valence-corrected chi connectivity index (χ2v) is 10.5. The topological polar surface area (TPSA) is 65.9 Å². The Morgan fingerprint density at radius 2 is 1.89 bits per heavy atom. The minimum Gasteiger partial charge on any atom is -0.381 e. The highest BCUT2D eigenvalue weighted by Gasteiger charge is 2.40. The average molecular weight is 479 g/mol. The summed E-state index contributed by atoms with van der Waals surface area (Å²) in [5.74, 6) is 0.640. The maximum absolute atomic E-state index is 12.9. The summed E-state index contributed by atoms with van der Waals surface area (Å²) in [7, 11) is 0. The van der Waals surface area contributed by atoms with E-state index in [0.29, 0.717) is 24.3 Å². The molecule has 5 rings (SSSR count). The molecule has 3 aliphatic rings. The van der Waals surface area contributed by atoms with Crippen LogP contribution in [0.4, 0.5) is 16.3 Å². The summed E-state index contributed by atoms with van der Waals surface area (Å²) in [5, 5.41) is 7.39. The smallest absolute Gasteiger partial charge is 0.344 e. The maximum atomic E-state index is 12.9. The standard InChI is InChI=1S/C27H38N6O2/c1-21(2)28-25-6-10-33(29-25)26(34)31-14-12-30(13-15-31)19-23-5-4-22(3)18-24(23)32-11-7-27(20-32)8-16-35-17-9-27/h4-6,10,18H,1,7-9,11-17,19-20H2,2-3H3,(H,28,29). The Kier molecular flexibility index (Phi) is 6.84. The second kappa shape index (κ2) is 10.0. The lowest BCUT2D eigenvalue weighted by Crippen LogP contribution is -2.49. The van der Waals surface area contributed by atoms with Gasteiger partial charge in [-0.15, -0.1) is 5.10 Å². The zero-order valence-electron chi connectivity index (χ0n) is 21.1. The molecule has 1 aromatic heterocycles. The molecule has 0 atom stereocenters. The monoisotopic (exact) mass is 478 g/mol. The number of ether oxygens (including phenoxy) is 1. The van der Waals surface area contributed by atoms with Crippen LogP contribution in [0.15, 0.2) is 42.7 Å². The molecule has 0 unspecified atom stereocenters. The highest BCUT2D eigenvalue weighted by Crippen LogP contribution is 2.42. The summed E-state index contributed by atoms with van der Waals surface area (Å²) in [6.07, 6.45) is 5.34. The third kappa shape index (κ3) is 5.38. The Morgan fingerprint density at radius 1 is 1.11 bits per heavy atom. The van der Waals surface area contributed by atoms with E-state index in [-0.39, 0.29) is 6.03 Å². The van der Waals surface area contributed by atoms with Gasteiger partial charge in [-0.3, -0.25) is 4.90 Å². The SMILES string of the molecule is C=C(C)Nc1ccn(C(=O)N2CCN(Cc3ccc(C)cc3N3CCC4(CCOCC4)C3)CC2)n1. The van der Waals surface area contributed by atoms with Crippen molar-refractivity contribution in [1.82, 2.24) is 19.6 Å². The molecule has 0 aliphatic carbocycles. The molecule has 188 valence electrons. The number of benzene rings is 1. The van der Waals surface area contributed by atoms with Crippen LogP contribution < -0.4 is 10.2 Å². The number of rotatable bonds is 5. The second-order valence-electron chi connectivity index (χ2n) is 10.5. The van der Waals surface area contributed by atoms with E-state index in [4.69, 9.17) is 4.74 Å². The van der Waals surface area contributed by atoms with Crippen molar-refractivity contribution in [3.63, 3.8) is 0 Å². The predicted octanol–water partition coefficient (Wildman–Crippen LogP) is 3.93. The van der Waals surface area contributed by atoms with Gasteiger partial charge in [-0.25, -0.2) is 4.79 Å². The van der Waals surface area contributed by atoms with Crippen LogP contribution in [0.5, 0.6) is 0 Å². The number of allylic oxidation sites excluding steroid dienone is 1. The minimum atomic E-state index is -0.0748. The number of amides is 1. The number of piperazine rings is 1. The minimum absolute atomic E-state index is 0.0748. The van der Waals surface area contributed by atoms with E-state index in [9.17, 15) is 4.79 Å². The number of nitrogens with zero attached hydrogens (tertiary/aromatic N) is 5. The van der Waals surface area contributed by atoms with Gasteiger partial charge in [-0.2, -0.15) is 4.68 Å². The van der Waals surface area contributed by atoms with Gasteiger partial charge in [0.15, 0.2) is 5.82 Å². The zero-order chi connectivity index (χ0) is 24.4. The van der Waals surface area contributed by atoms with Crippen molar-refractivity contribution in [3.05, 3.63) is 53.9 Å². The highest BCUT2D eigenvalue weighted by atomic mass is 16.5. The van der Waals surface area contributed by atoms with Crippen molar-refractivity contribution in [2.75, 3.05) is 62.7 Å². The lowest BCUT2D eigenvalue weighted by atomic mass is 9.80. The van der Waals surface area contributed by atoms with Gasteiger partial charge in [0.05, 0.1) is 0 Å². The van der Waals surface area contributed by atoms with Crippen LogP contribution in [0, 0.1) is 12.3 Å². The molecule has 0 bridgehead atoms. The number of carbonyl (C=O) groups excluding carboxylic acids is 1. The van der Waals surface area contributed by atoms with E-state index in [1.807, 2.05) is 11.8 Å². The van der Waals surface area contributed by atoms with E-state index in [1.54, 1.807) is 12.3 Å². The van der Waals surface area contributed by atoms with Crippen LogP contribution in [0.25, 0.3) is 0 Å². The Labute approximate surface area is 208 Å². The molecule has 0 saturated carbocycles. The molecule has 3 saturated heterocycles. The number of carbonyl (C=O) groups is 1. The summed E-state index contributed by atoms with van der Waals surface area (Å²) >= 11 is 0. The van der Waals surface area contributed by atoms with Gasteiger partial charge in [0.25, 0.3) is 0 Å². The Hall–Kier alpha value is -2.84. The van der Waals surface area contributed by atoms with Crippen molar-refractivity contribution < 1.29 is 9.53 Å². The lowest BCUT2D eigenvalue weighted by molar-refractivity contribution is 0.0254. The van der Waals surface area contributed by atoms with Crippen molar-refractivity contribution >= 4 is 17.5 Å². The first kappa shape index (κ1) is 23.9. The highest BCUT2D eigenvalue weighted by molar-refractivity contribution is 5.76. The zero-order valence-corrected chi connectivity index (χ0v) is 21.1. The number of hydrogen-bond donors (Lipinski definition) is 1. The molecule has 1 spiro atoms. The Balaban J connectivity index is 1.20. The van der Waals surface area contributed by atoms with Crippen LogP contribution in [0.1, 0.15) is 37.3 Å². The molecule has 0 radical (unpaired) electrons. The van der Waals surface area contributed by atoms with Gasteiger partial charge >= 0.3 is 6.03 Å². The summed E-state index contributed by atoms with van der Waals surface area (Å²) in [4.78, 5) is 19.9. The molecule has 1 aromatic carbocycles. The first-order valence-electron chi connectivity index (χ1n) is 12.8. The van der Waals surface area contributed by atoms with Gasteiger partial charge in [-0.05, 0) is 55.7 Å². The fourth-order valence-electron chi connectivity index (χ4n) is 5.65. The van der Waals surface area contributed by atoms with E-state index in [0.717, 1.165) is 51.6 Å². The van der Waals surface area contributed by atoms with Crippen molar-refractivity contribution in [3.8, 4) is 0 Å². The molecule has 1 amide bonds. The quantitative estimate of drug-likeness (QED) is 0.703. The van der Waals surface area contributed by atoms with Gasteiger partial charge in [0.1, 0.15) is 0 Å². The number of aromatic nitrogens is 2. The van der Waals surface area contributed by atoms with Crippen molar-refractivity contribution in [2.45, 2.75) is 39.7 Å². The van der Waals surface area contributed by atoms with Crippen LogP contribution in [-0.4, -0.2) is 78.1 Å². The predicted molar refractivity (Wildman–Crippen MR) is 139 cm³/mol. The summed E-state index contributed by atoms with van der Waals surface area (Å²) in [5.41, 5.74) is 5.32. The van der Waals surface area contributed by atoms with Crippen LogP contribution in [-0.2, 0) is 11.3 Å². The van der Waals surface area contributed by atoms with E-state index < -0.39 is 0 Å². The van der Waals surface area contributed by atoms with Gasteiger partial charge in [0, 0.05) is 82.7 Å². The van der Waals surface area contributed by atoms with Crippen LogP contribution in [0.2, 0.25) is 0 Å². The number of hydrogen-bond acceptors (Lipinski definition) is 6. The van der Waals surface area contributed by atoms with Gasteiger partial charge in [-0.1, -0.05) is 18.7 Å². The van der Waals surface area contributed by atoms with Gasteiger partial charge < -0.3 is 19.9 Å². The third-order valence-electron chi connectivity index (χ3n) is 7.74. The fraction of sp³-hybridized carbons (Fsp3) is 0.556. The summed E-state index contributed by atoms with van der Waals surface area (Å²) in [6, 6.07) is 8.62. The molecule has 3 aliphatic heterocycles. The third-order valence-corrected chi connectivity index (χ3v) is 7.74. The maximum Gasteiger partial charge on any atom is 0.344 e. The van der Waals surface area contributed by atoms with Crippen LogP contribution in [0.3, 0.4) is 0 Å². The molecular formula is C27H38N6O2. The summed E-state index contributed by atoms with van der Waals surface area (Å²) in [6.45, 7) is 16.0. The van der Waals surface area contributed by atoms with Crippen molar-refractivity contribution in [2.24, 2.45) is 5.41 Å². The first-order chi connectivity index (χ1) is 16.9. The summed E-state index contributed by atoms with van der Waals surface area (Å²) < 4.78 is 7.06. The number of nitrogens with one attached hydrogen (secondary N) is 1. The lowest BCUT2D eigenvalue weighted by Gasteiger charge is -2.36. The normalized spacial score (nSPS) is 20.4. The molecule has 8 heteroatoms. The van der Waals surface area contributed by atoms with E-state index >= 15 is 0 Å². The molecule has 1 N–H and O–H groups in total. The molecule has 8 nitrogen and oxygen atoms in total. The average Bonchev–Trinajstić information content (AvgIpc) is 3.48.